The number of carboxylic acid groups (broad SMARTS) is 2. The van der Waals surface area contributed by atoms with Crippen LogP contribution in [0.25, 0.3) is 11.3 Å². The number of aromatic carboxylic acids is 1. The van der Waals surface area contributed by atoms with E-state index in [1.54, 1.807) is 23.9 Å². The number of rotatable bonds is 22. The Morgan fingerprint density at radius 2 is 1.25 bits per heavy atom. The largest absolute Gasteiger partial charge is 0.481 e. The summed E-state index contributed by atoms with van der Waals surface area (Å²) in [6.45, 7) is -2.68. The van der Waals surface area contributed by atoms with Gasteiger partial charge in [0.25, 0.3) is 20.0 Å². The van der Waals surface area contributed by atoms with E-state index in [0.29, 0.717) is 10.7 Å². The maximum Gasteiger partial charge on any atom is 0.434 e. The third-order valence-electron chi connectivity index (χ3n) is 9.94. The molecule has 6 aromatic rings. The van der Waals surface area contributed by atoms with Gasteiger partial charge in [-0.15, -0.1) is 0 Å². The molecular weight excluding hydrogens is 1450 g/mol. The second-order valence-electron chi connectivity index (χ2n) is 17.1. The van der Waals surface area contributed by atoms with Crippen molar-refractivity contribution in [2.24, 2.45) is 7.05 Å². The van der Waals surface area contributed by atoms with E-state index in [4.69, 9.17) is 45.8 Å². The van der Waals surface area contributed by atoms with Crippen LogP contribution in [0.5, 0.6) is 23.5 Å². The minimum atomic E-state index is -4.71. The van der Waals surface area contributed by atoms with E-state index in [2.05, 4.69) is 66.1 Å². The smallest absolute Gasteiger partial charge is 0.434 e. The molecule has 0 saturated carbocycles. The Hall–Kier alpha value is -8.72. The quantitative estimate of drug-likeness (QED) is 0.0210. The molecule has 0 bridgehead atoms. The first-order chi connectivity index (χ1) is 42.9. The van der Waals surface area contributed by atoms with Gasteiger partial charge in [0.2, 0.25) is 35.4 Å². The Labute approximate surface area is 531 Å². The number of anilines is 2. The first-order valence-electron chi connectivity index (χ1n) is 24.4. The summed E-state index contributed by atoms with van der Waals surface area (Å²) in [5.41, 5.74) is -2.50. The summed E-state index contributed by atoms with van der Waals surface area (Å²) >= 11 is 8.67. The van der Waals surface area contributed by atoms with Gasteiger partial charge in [-0.25, -0.2) is 54.8 Å². The molecule has 0 fully saturated rings. The highest BCUT2D eigenvalue weighted by molar-refractivity contribution is 9.10. The first-order valence-corrected chi connectivity index (χ1v) is 31.9. The number of amides is 4. The number of carboxylic acids is 2. The van der Waals surface area contributed by atoms with Crippen molar-refractivity contribution in [1.82, 2.24) is 49.5 Å². The number of sulfonamides is 2. The van der Waals surface area contributed by atoms with Gasteiger partial charge in [-0.3, -0.25) is 30.0 Å². The van der Waals surface area contributed by atoms with Crippen LogP contribution in [0.3, 0.4) is 0 Å². The van der Waals surface area contributed by atoms with Crippen LogP contribution in [0.15, 0.2) is 86.2 Å². The molecule has 2 aromatic carbocycles. The van der Waals surface area contributed by atoms with E-state index in [1.165, 1.54) is 50.1 Å². The van der Waals surface area contributed by atoms with Crippen molar-refractivity contribution < 1.29 is 133 Å². The average molecular weight is 1500 g/mol. The van der Waals surface area contributed by atoms with Crippen LogP contribution in [0.4, 0.5) is 56.6 Å². The van der Waals surface area contributed by atoms with Crippen LogP contribution in [0, 0.1) is 5.82 Å². The van der Waals surface area contributed by atoms with Gasteiger partial charge in [0.1, 0.15) is 21.3 Å². The number of benzene rings is 2. The third kappa shape index (κ3) is 24.7. The number of sulfone groups is 1. The van der Waals surface area contributed by atoms with E-state index >= 15 is 0 Å². The highest BCUT2D eigenvalue weighted by Gasteiger charge is 2.39. The second-order valence-corrected chi connectivity index (χ2v) is 25.4. The molecule has 0 aliphatic carbocycles. The number of esters is 1. The number of aryl methyl sites for hydroxylation is 1. The number of alkyl halides is 7. The van der Waals surface area contributed by atoms with Crippen molar-refractivity contribution in [3.8, 4) is 34.8 Å². The maximum atomic E-state index is 14.3. The van der Waals surface area contributed by atoms with Crippen LogP contribution in [0.1, 0.15) is 47.2 Å². The summed E-state index contributed by atoms with van der Waals surface area (Å²) in [7, 11) is -13.6. The molecule has 0 saturated heterocycles. The zero-order valence-corrected chi connectivity index (χ0v) is 53.2. The topological polar surface area (TPSA) is 474 Å². The molecule has 33 nitrogen and oxygen atoms in total. The number of nitrogens with zero attached hydrogens (tertiary/aromatic N) is 7. The first kappa shape index (κ1) is 78.5. The summed E-state index contributed by atoms with van der Waals surface area (Å²) < 4.78 is 212. The number of aliphatic carboxylic acids is 1. The molecule has 6 rings (SSSR count). The van der Waals surface area contributed by atoms with E-state index < -0.39 is 160 Å². The molecule has 0 radical (unpaired) electrons. The third-order valence-corrected chi connectivity index (χ3v) is 16.2. The number of urea groups is 2. The molecule has 0 atom stereocenters. The molecule has 47 heteroatoms. The number of carbonyl (C=O) groups is 5. The Morgan fingerprint density at radius 3 is 1.70 bits per heavy atom. The number of nitrogens with one attached hydrogen (secondary N) is 5. The minimum absolute atomic E-state index is 0.0612. The van der Waals surface area contributed by atoms with Crippen molar-refractivity contribution in [3.63, 3.8) is 0 Å². The number of carbonyl (C=O) groups excluding carboxylic acids is 3. The lowest BCUT2D eigenvalue weighted by Gasteiger charge is -2.11. The highest BCUT2D eigenvalue weighted by Crippen LogP contribution is 2.41. The van der Waals surface area contributed by atoms with Crippen molar-refractivity contribution in [1.29, 1.82) is 0 Å². The summed E-state index contributed by atoms with van der Waals surface area (Å²) in [6, 6.07) is 7.56. The number of methoxy groups -OCH3 is 2. The predicted molar refractivity (Wildman–Crippen MR) is 304 cm³/mol. The lowest BCUT2D eigenvalue weighted by Crippen LogP contribution is -2.36. The lowest BCUT2D eigenvalue weighted by molar-refractivity contribution is -0.144. The average Bonchev–Trinajstić information content (AvgIpc) is 1.78. The number of aromatic nitrogens is 7. The van der Waals surface area contributed by atoms with Gasteiger partial charge in [0.05, 0.1) is 71.7 Å². The molecular formula is C46H47BrClF8N12O21PS3. The zero-order valence-electron chi connectivity index (χ0n) is 47.5. The van der Waals surface area contributed by atoms with E-state index in [-0.39, 0.29) is 45.3 Å². The Bertz CT molecular complexity index is 4060. The van der Waals surface area contributed by atoms with Crippen molar-refractivity contribution >= 4 is 107 Å². The second kappa shape index (κ2) is 33.7. The SMILES string of the molecule is CC(C)OC(=O)c1cc(-c2nn(C)c(C(F)(F)F)c2Br)c(F)cc1Cl.CCS(=O)(=O)c1cccnc1S(=O)(=O)NC(=O)Nc1nc(OC)cc(OC)n1.O=C(Nc1nc(OC(F)F)cc(OC(F)F)n1)NS(=O)(=O)c1ccccc1C(=O)O.O=C(O)CNCP(=O)(O)O. The van der Waals surface area contributed by atoms with Crippen molar-refractivity contribution in [2.45, 2.75) is 61.1 Å². The molecule has 4 heterocycles. The number of ether oxygens (including phenoxy) is 5. The van der Waals surface area contributed by atoms with Crippen molar-refractivity contribution in [2.75, 3.05) is 43.4 Å². The number of pyridine rings is 1. The molecule has 93 heavy (non-hydrogen) atoms. The molecule has 510 valence electrons. The lowest BCUT2D eigenvalue weighted by atomic mass is 10.1. The number of hydrogen-bond donors (Lipinski definition) is 9. The van der Waals surface area contributed by atoms with Crippen molar-refractivity contribution in [3.05, 3.63) is 99.0 Å². The summed E-state index contributed by atoms with van der Waals surface area (Å²) in [5.74, 6) is -7.85. The molecule has 0 spiro atoms. The fraction of sp³-hybridized carbons (Fsp3) is 0.283. The molecule has 9 N–H and O–H groups in total. The molecule has 4 aromatic heterocycles. The molecule has 0 aliphatic heterocycles. The summed E-state index contributed by atoms with van der Waals surface area (Å²) in [4.78, 5) is 89.9. The fourth-order valence-electron chi connectivity index (χ4n) is 6.33. The monoisotopic (exact) mass is 1500 g/mol. The van der Waals surface area contributed by atoms with E-state index in [1.807, 2.05) is 0 Å². The van der Waals surface area contributed by atoms with Crippen LogP contribution in [-0.2, 0) is 57.2 Å². The van der Waals surface area contributed by atoms with Gasteiger partial charge >= 0.3 is 57.0 Å². The van der Waals surface area contributed by atoms with Gasteiger partial charge in [0.15, 0.2) is 20.6 Å². The van der Waals surface area contributed by atoms with Crippen LogP contribution in [0.2, 0.25) is 5.02 Å². The maximum absolute atomic E-state index is 14.3. The van der Waals surface area contributed by atoms with Gasteiger partial charge in [-0.1, -0.05) is 30.7 Å². The highest BCUT2D eigenvalue weighted by atomic mass is 79.9. The summed E-state index contributed by atoms with van der Waals surface area (Å²) in [5, 5.41) is 25.6. The molecule has 0 unspecified atom stereocenters. The number of halogens is 10. The van der Waals surface area contributed by atoms with Crippen LogP contribution in [-0.4, -0.2) is 162 Å². The number of hydrogen-bond acceptors (Lipinski definition) is 24. The van der Waals surface area contributed by atoms with Gasteiger partial charge in [-0.2, -0.15) is 64.2 Å². The van der Waals surface area contributed by atoms with Gasteiger partial charge in [0, 0.05) is 18.8 Å². The Morgan fingerprint density at radius 1 is 0.753 bits per heavy atom. The Balaban J connectivity index is 0.000000339. The van der Waals surface area contributed by atoms with E-state index in [9.17, 15) is 88.9 Å². The minimum Gasteiger partial charge on any atom is -0.481 e. The van der Waals surface area contributed by atoms with Crippen LogP contribution < -0.4 is 44.3 Å². The predicted octanol–water partition coefficient (Wildman–Crippen LogP) is 6.10. The van der Waals surface area contributed by atoms with Crippen LogP contribution >= 0.6 is 35.1 Å². The fourth-order valence-corrected chi connectivity index (χ4v) is 11.4. The molecule has 0 aliphatic rings. The van der Waals surface area contributed by atoms with Gasteiger partial charge < -0.3 is 43.7 Å². The standard InChI is InChI=1S/C15H12BrClF4N2O2.C14H10F4N4O7S.C14H17N5O7S2.C3H8NO5P/c1-6(2)25-14(24)7-4-8(10(18)5-9(7)17)12-11(16)13(15(19,20)21)23(3)22-12;15-11(16)28-8-5-9(29-12(17)18)20-13(19-8)21-14(25)22-30(26,27)7-4-2-1-3-6(7)10(23)24;1-4-27(21,22)9-6-5-7-15-12(9)28(23,24)19-14(20)18-13-16-10(25-2)8-11(17-13)26-3;5-3(6)1-4-2-10(7,8)9/h4-6H,1-3H3;1-5,11-12H,(H,23,24)(H2,19,20,21,22,25);5-8H,4H2,1-3H3,(H2,16,17,18,19,20);4H,1-2H2,(H,5,6)(H2,7,8,9). The Kier molecular flexibility index (Phi) is 28.5. The summed E-state index contributed by atoms with van der Waals surface area (Å²) in [6.07, 6.45) is -4.65. The molecule has 4 amide bonds. The van der Waals surface area contributed by atoms with Gasteiger partial charge in [-0.05, 0) is 66.2 Å². The van der Waals surface area contributed by atoms with E-state index in [0.717, 1.165) is 43.6 Å². The normalized spacial score (nSPS) is 11.5. The zero-order chi connectivity index (χ0) is 70.7.